The number of carbonyl (C=O) groups is 1. The minimum Gasteiger partial charge on any atom is -0.334 e. The van der Waals surface area contributed by atoms with Crippen molar-refractivity contribution in [2.75, 3.05) is 25.0 Å². The summed E-state index contributed by atoms with van der Waals surface area (Å²) in [6, 6.07) is 7.48. The van der Waals surface area contributed by atoms with Crippen LogP contribution >= 0.6 is 0 Å². The van der Waals surface area contributed by atoms with Gasteiger partial charge in [-0.25, -0.2) is 4.79 Å². The highest BCUT2D eigenvalue weighted by molar-refractivity contribution is 5.89. The first kappa shape index (κ1) is 16.5. The van der Waals surface area contributed by atoms with E-state index in [0.717, 1.165) is 30.9 Å². The van der Waals surface area contributed by atoms with E-state index < -0.39 is 0 Å². The van der Waals surface area contributed by atoms with Crippen molar-refractivity contribution in [2.24, 2.45) is 5.73 Å². The molecule has 0 radical (unpaired) electrons. The summed E-state index contributed by atoms with van der Waals surface area (Å²) in [6.07, 6.45) is 0. The molecule has 0 aromatic heterocycles. The topological polar surface area (TPSA) is 70.4 Å². The summed E-state index contributed by atoms with van der Waals surface area (Å²) >= 11 is 0. The summed E-state index contributed by atoms with van der Waals surface area (Å²) < 4.78 is 0. The van der Waals surface area contributed by atoms with Crippen molar-refractivity contribution in [1.82, 2.24) is 10.2 Å². The van der Waals surface area contributed by atoms with Crippen LogP contribution in [0.4, 0.5) is 10.5 Å². The Morgan fingerprint density at radius 2 is 2.05 bits per heavy atom. The average Bonchev–Trinajstić information content (AvgIpc) is 2.44. The van der Waals surface area contributed by atoms with E-state index in [1.165, 1.54) is 0 Å². The lowest BCUT2D eigenvalue weighted by Crippen LogP contribution is -2.43. The van der Waals surface area contributed by atoms with Gasteiger partial charge < -0.3 is 21.3 Å². The van der Waals surface area contributed by atoms with Crippen LogP contribution < -0.4 is 16.4 Å². The number of nitrogens with two attached hydrogens (primary N) is 1. The van der Waals surface area contributed by atoms with Crippen LogP contribution in [0.5, 0.6) is 0 Å². The van der Waals surface area contributed by atoms with E-state index in [0.29, 0.717) is 6.54 Å². The highest BCUT2D eigenvalue weighted by Crippen LogP contribution is 2.09. The standard InChI is InChI=1S/C15H26N4O/c1-4-19(5-2)11-12(3)17-15(20)18-14-8-6-7-13(9-14)10-16/h6-9,12H,4-5,10-11,16H2,1-3H3,(H2,17,18,20). The highest BCUT2D eigenvalue weighted by Gasteiger charge is 2.10. The summed E-state index contributed by atoms with van der Waals surface area (Å²) in [6.45, 7) is 9.54. The zero-order valence-corrected chi connectivity index (χ0v) is 12.6. The van der Waals surface area contributed by atoms with Crippen molar-refractivity contribution in [1.29, 1.82) is 0 Å². The number of nitrogens with zero attached hydrogens (tertiary/aromatic N) is 1. The lowest BCUT2D eigenvalue weighted by atomic mass is 10.2. The maximum Gasteiger partial charge on any atom is 0.319 e. The number of hydrogen-bond donors (Lipinski definition) is 3. The predicted molar refractivity (Wildman–Crippen MR) is 83.7 cm³/mol. The van der Waals surface area contributed by atoms with Gasteiger partial charge in [-0.1, -0.05) is 26.0 Å². The van der Waals surface area contributed by atoms with Gasteiger partial charge >= 0.3 is 6.03 Å². The Bertz CT molecular complexity index is 418. The second-order valence-corrected chi connectivity index (χ2v) is 4.89. The SMILES string of the molecule is CCN(CC)CC(C)NC(=O)Nc1cccc(CN)c1. The maximum absolute atomic E-state index is 11.9. The molecule has 0 fully saturated rings. The summed E-state index contributed by atoms with van der Waals surface area (Å²) in [7, 11) is 0. The van der Waals surface area contributed by atoms with Gasteiger partial charge in [0.1, 0.15) is 0 Å². The quantitative estimate of drug-likeness (QED) is 0.714. The normalized spacial score (nSPS) is 12.2. The van der Waals surface area contributed by atoms with Crippen molar-refractivity contribution in [3.63, 3.8) is 0 Å². The van der Waals surface area contributed by atoms with Crippen LogP contribution in [0.3, 0.4) is 0 Å². The third kappa shape index (κ3) is 5.59. The van der Waals surface area contributed by atoms with Crippen LogP contribution in [0.2, 0.25) is 0 Å². The lowest BCUT2D eigenvalue weighted by molar-refractivity contribution is 0.238. The van der Waals surface area contributed by atoms with Gasteiger partial charge in [0, 0.05) is 24.8 Å². The summed E-state index contributed by atoms with van der Waals surface area (Å²) in [4.78, 5) is 14.2. The van der Waals surface area contributed by atoms with E-state index in [2.05, 4.69) is 29.4 Å². The van der Waals surface area contributed by atoms with E-state index in [1.54, 1.807) is 0 Å². The van der Waals surface area contributed by atoms with Gasteiger partial charge in [-0.3, -0.25) is 0 Å². The molecule has 0 aliphatic heterocycles. The van der Waals surface area contributed by atoms with Gasteiger partial charge in [-0.15, -0.1) is 0 Å². The van der Waals surface area contributed by atoms with Gasteiger partial charge in [0.25, 0.3) is 0 Å². The third-order valence-corrected chi connectivity index (χ3v) is 3.22. The molecule has 1 unspecified atom stereocenters. The number of hydrogen-bond acceptors (Lipinski definition) is 3. The Hall–Kier alpha value is -1.59. The summed E-state index contributed by atoms with van der Waals surface area (Å²) in [5, 5.41) is 5.77. The number of benzene rings is 1. The smallest absolute Gasteiger partial charge is 0.319 e. The lowest BCUT2D eigenvalue weighted by Gasteiger charge is -2.23. The molecule has 0 bridgehead atoms. The molecule has 0 saturated heterocycles. The first-order valence-corrected chi connectivity index (χ1v) is 7.17. The minimum atomic E-state index is -0.182. The zero-order chi connectivity index (χ0) is 15.0. The first-order chi connectivity index (χ1) is 9.58. The third-order valence-electron chi connectivity index (χ3n) is 3.22. The number of amides is 2. The molecular formula is C15H26N4O. The van der Waals surface area contributed by atoms with Gasteiger partial charge in [0.05, 0.1) is 0 Å². The molecule has 0 saturated carbocycles. The molecule has 4 N–H and O–H groups in total. The summed E-state index contributed by atoms with van der Waals surface area (Å²) in [5.74, 6) is 0. The van der Waals surface area contributed by atoms with Crippen LogP contribution in [0.1, 0.15) is 26.3 Å². The molecule has 5 heteroatoms. The Kier molecular flexibility index (Phi) is 7.04. The second kappa shape index (κ2) is 8.55. The first-order valence-electron chi connectivity index (χ1n) is 7.17. The molecule has 0 heterocycles. The summed E-state index contributed by atoms with van der Waals surface area (Å²) in [5.41, 5.74) is 7.35. The van der Waals surface area contributed by atoms with E-state index in [9.17, 15) is 4.79 Å². The van der Waals surface area contributed by atoms with Crippen LogP contribution in [-0.2, 0) is 6.54 Å². The highest BCUT2D eigenvalue weighted by atomic mass is 16.2. The second-order valence-electron chi connectivity index (χ2n) is 4.89. The number of likely N-dealkylation sites (N-methyl/N-ethyl adjacent to an activating group) is 1. The van der Waals surface area contributed by atoms with Gasteiger partial charge in [-0.2, -0.15) is 0 Å². The molecule has 5 nitrogen and oxygen atoms in total. The Morgan fingerprint density at radius 3 is 2.65 bits per heavy atom. The zero-order valence-electron chi connectivity index (χ0n) is 12.6. The number of carbonyl (C=O) groups excluding carboxylic acids is 1. The van der Waals surface area contributed by atoms with Gasteiger partial charge in [0.2, 0.25) is 0 Å². The predicted octanol–water partition coefficient (Wildman–Crippen LogP) is 2.00. The van der Waals surface area contributed by atoms with Crippen molar-refractivity contribution < 1.29 is 4.79 Å². The van der Waals surface area contributed by atoms with Crippen LogP contribution in [-0.4, -0.2) is 36.6 Å². The molecular weight excluding hydrogens is 252 g/mol. The Morgan fingerprint density at radius 1 is 1.35 bits per heavy atom. The van der Waals surface area contributed by atoms with Crippen LogP contribution in [0.25, 0.3) is 0 Å². The molecule has 1 aromatic carbocycles. The van der Waals surface area contributed by atoms with E-state index >= 15 is 0 Å². The van der Waals surface area contributed by atoms with Crippen molar-refractivity contribution in [3.8, 4) is 0 Å². The monoisotopic (exact) mass is 278 g/mol. The maximum atomic E-state index is 11.9. The fraction of sp³-hybridized carbons (Fsp3) is 0.533. The van der Waals surface area contributed by atoms with Gasteiger partial charge in [-0.05, 0) is 37.7 Å². The fourth-order valence-electron chi connectivity index (χ4n) is 2.08. The van der Waals surface area contributed by atoms with Gasteiger partial charge in [0.15, 0.2) is 0 Å². The number of urea groups is 1. The van der Waals surface area contributed by atoms with E-state index in [-0.39, 0.29) is 12.1 Å². The molecule has 20 heavy (non-hydrogen) atoms. The molecule has 0 aliphatic rings. The molecule has 2 amide bonds. The molecule has 1 atom stereocenters. The Labute approximate surface area is 121 Å². The van der Waals surface area contributed by atoms with Crippen LogP contribution in [0.15, 0.2) is 24.3 Å². The largest absolute Gasteiger partial charge is 0.334 e. The molecule has 112 valence electrons. The number of anilines is 1. The average molecular weight is 278 g/mol. The van der Waals surface area contributed by atoms with Crippen molar-refractivity contribution >= 4 is 11.7 Å². The molecule has 1 aromatic rings. The molecule has 0 aliphatic carbocycles. The van der Waals surface area contributed by atoms with Crippen LogP contribution in [0, 0.1) is 0 Å². The number of nitrogens with one attached hydrogen (secondary N) is 2. The molecule has 1 rings (SSSR count). The van der Waals surface area contributed by atoms with E-state index in [1.807, 2.05) is 31.2 Å². The van der Waals surface area contributed by atoms with Crippen molar-refractivity contribution in [2.45, 2.75) is 33.4 Å². The number of rotatable bonds is 7. The van der Waals surface area contributed by atoms with Crippen molar-refractivity contribution in [3.05, 3.63) is 29.8 Å². The van der Waals surface area contributed by atoms with E-state index in [4.69, 9.17) is 5.73 Å². The fourth-order valence-corrected chi connectivity index (χ4v) is 2.08. The minimum absolute atomic E-state index is 0.104. The Balaban J connectivity index is 2.46. The molecule has 0 spiro atoms.